The summed E-state index contributed by atoms with van der Waals surface area (Å²) < 4.78 is 51.5. The van der Waals surface area contributed by atoms with E-state index in [9.17, 15) is 22.4 Å². The minimum atomic E-state index is -1.70. The van der Waals surface area contributed by atoms with Crippen molar-refractivity contribution < 1.29 is 22.4 Å². The second kappa shape index (κ2) is 4.92. The van der Waals surface area contributed by atoms with Crippen molar-refractivity contribution in [3.05, 3.63) is 33.3 Å². The van der Waals surface area contributed by atoms with Gasteiger partial charge >= 0.3 is 0 Å². The van der Waals surface area contributed by atoms with Crippen molar-refractivity contribution >= 4 is 21.7 Å². The standard InChI is InChI=1S/C9H6BrF4NO/c1-15-2-3(16)4-6(11)8(13)5(10)9(14)7(4)12/h15H,2H2,1H3. The number of nitrogens with one attached hydrogen (secondary N) is 1. The number of rotatable bonds is 3. The van der Waals surface area contributed by atoms with Crippen LogP contribution in [-0.2, 0) is 0 Å². The monoisotopic (exact) mass is 299 g/mol. The van der Waals surface area contributed by atoms with Crippen LogP contribution in [0.4, 0.5) is 17.6 Å². The zero-order chi connectivity index (χ0) is 12.5. The van der Waals surface area contributed by atoms with Gasteiger partial charge in [-0.2, -0.15) is 0 Å². The second-order valence-electron chi connectivity index (χ2n) is 2.90. The molecule has 16 heavy (non-hydrogen) atoms. The first kappa shape index (κ1) is 13.1. The van der Waals surface area contributed by atoms with Crippen molar-refractivity contribution in [3.63, 3.8) is 0 Å². The second-order valence-corrected chi connectivity index (χ2v) is 3.69. The fourth-order valence-corrected chi connectivity index (χ4v) is 1.45. The van der Waals surface area contributed by atoms with E-state index in [0.29, 0.717) is 0 Å². The lowest BCUT2D eigenvalue weighted by molar-refractivity contribution is 0.0983. The van der Waals surface area contributed by atoms with E-state index in [0.717, 1.165) is 0 Å². The van der Waals surface area contributed by atoms with Crippen LogP contribution in [-0.4, -0.2) is 19.4 Å². The number of benzene rings is 1. The number of Topliss-reactive ketones (excluding diaryl/α,β-unsaturated/α-hetero) is 1. The highest BCUT2D eigenvalue weighted by atomic mass is 79.9. The Labute approximate surface area is 96.8 Å². The van der Waals surface area contributed by atoms with Crippen molar-refractivity contribution in [1.82, 2.24) is 5.32 Å². The molecule has 0 aromatic heterocycles. The molecule has 0 heterocycles. The maximum Gasteiger partial charge on any atom is 0.182 e. The van der Waals surface area contributed by atoms with Gasteiger partial charge in [0.15, 0.2) is 29.1 Å². The largest absolute Gasteiger partial charge is 0.313 e. The molecular weight excluding hydrogens is 294 g/mol. The predicted molar refractivity (Wildman–Crippen MR) is 52.2 cm³/mol. The summed E-state index contributed by atoms with van der Waals surface area (Å²) in [5.74, 6) is -7.73. The quantitative estimate of drug-likeness (QED) is 0.402. The van der Waals surface area contributed by atoms with Crippen LogP contribution in [0.2, 0.25) is 0 Å². The summed E-state index contributed by atoms with van der Waals surface area (Å²) in [7, 11) is 1.36. The summed E-state index contributed by atoms with van der Waals surface area (Å²) >= 11 is 2.35. The summed E-state index contributed by atoms with van der Waals surface area (Å²) in [5, 5.41) is 2.33. The number of hydrogen-bond donors (Lipinski definition) is 1. The van der Waals surface area contributed by atoms with Crippen LogP contribution in [0.1, 0.15) is 10.4 Å². The van der Waals surface area contributed by atoms with Gasteiger partial charge in [0.1, 0.15) is 0 Å². The molecule has 1 aromatic carbocycles. The summed E-state index contributed by atoms with van der Waals surface area (Å²) in [6, 6.07) is 0. The summed E-state index contributed by atoms with van der Waals surface area (Å²) in [5.41, 5.74) is -1.22. The van der Waals surface area contributed by atoms with E-state index in [1.165, 1.54) is 7.05 Å². The van der Waals surface area contributed by atoms with Crippen LogP contribution in [0.5, 0.6) is 0 Å². The normalized spacial score (nSPS) is 10.6. The van der Waals surface area contributed by atoms with Gasteiger partial charge in [0.25, 0.3) is 0 Å². The molecule has 1 aromatic rings. The Morgan fingerprint density at radius 1 is 1.12 bits per heavy atom. The van der Waals surface area contributed by atoms with Gasteiger partial charge in [-0.3, -0.25) is 4.79 Å². The molecule has 1 N–H and O–H groups in total. The molecule has 0 spiro atoms. The Morgan fingerprint density at radius 2 is 1.56 bits per heavy atom. The Morgan fingerprint density at radius 3 is 1.94 bits per heavy atom. The molecule has 0 bridgehead atoms. The Bertz CT molecular complexity index is 421. The highest BCUT2D eigenvalue weighted by Crippen LogP contribution is 2.28. The molecule has 0 atom stereocenters. The maximum atomic E-state index is 13.2. The Hall–Kier alpha value is -0.950. The van der Waals surface area contributed by atoms with E-state index in [-0.39, 0.29) is 0 Å². The van der Waals surface area contributed by atoms with E-state index in [1.54, 1.807) is 0 Å². The third kappa shape index (κ3) is 2.10. The van der Waals surface area contributed by atoms with Crippen molar-refractivity contribution in [3.8, 4) is 0 Å². The first-order valence-corrected chi connectivity index (χ1v) is 4.90. The average Bonchev–Trinajstić information content (AvgIpc) is 2.24. The van der Waals surface area contributed by atoms with Gasteiger partial charge < -0.3 is 5.32 Å². The number of carbonyl (C=O) groups is 1. The minimum absolute atomic E-state index is 0.422. The smallest absolute Gasteiger partial charge is 0.182 e. The molecule has 0 unspecified atom stereocenters. The third-order valence-electron chi connectivity index (χ3n) is 1.83. The molecular formula is C9H6BrF4NO. The van der Waals surface area contributed by atoms with Crippen molar-refractivity contribution in [2.75, 3.05) is 13.6 Å². The third-order valence-corrected chi connectivity index (χ3v) is 2.52. The van der Waals surface area contributed by atoms with Gasteiger partial charge in [-0.15, -0.1) is 0 Å². The van der Waals surface area contributed by atoms with Crippen molar-refractivity contribution in [1.29, 1.82) is 0 Å². The van der Waals surface area contributed by atoms with Gasteiger partial charge in [0, 0.05) is 0 Å². The Kier molecular flexibility index (Phi) is 4.03. The first-order chi connectivity index (χ1) is 7.41. The number of halogens is 5. The lowest BCUT2D eigenvalue weighted by atomic mass is 10.1. The maximum absolute atomic E-state index is 13.2. The van der Waals surface area contributed by atoms with E-state index in [1.807, 2.05) is 0 Å². The molecule has 0 saturated carbocycles. The molecule has 0 saturated heterocycles. The lowest BCUT2D eigenvalue weighted by Crippen LogP contribution is -2.22. The van der Waals surface area contributed by atoms with Gasteiger partial charge in [0.05, 0.1) is 16.6 Å². The Balaban J connectivity index is 3.45. The summed E-state index contributed by atoms with van der Waals surface area (Å²) in [6.45, 7) is -0.422. The molecule has 88 valence electrons. The topological polar surface area (TPSA) is 29.1 Å². The van der Waals surface area contributed by atoms with Crippen molar-refractivity contribution in [2.45, 2.75) is 0 Å². The van der Waals surface area contributed by atoms with Crippen molar-refractivity contribution in [2.24, 2.45) is 0 Å². The van der Waals surface area contributed by atoms with E-state index in [2.05, 4.69) is 21.2 Å². The predicted octanol–water partition coefficient (Wildman–Crippen LogP) is 2.41. The average molecular weight is 300 g/mol. The highest BCUT2D eigenvalue weighted by molar-refractivity contribution is 9.10. The highest BCUT2D eigenvalue weighted by Gasteiger charge is 2.27. The van der Waals surface area contributed by atoms with Gasteiger partial charge in [-0.25, -0.2) is 17.6 Å². The van der Waals surface area contributed by atoms with Crippen LogP contribution >= 0.6 is 15.9 Å². The van der Waals surface area contributed by atoms with Crippen LogP contribution in [0, 0.1) is 23.3 Å². The molecule has 1 rings (SSSR count). The molecule has 0 radical (unpaired) electrons. The van der Waals surface area contributed by atoms with Crippen LogP contribution < -0.4 is 5.32 Å². The number of hydrogen-bond acceptors (Lipinski definition) is 2. The number of likely N-dealkylation sites (N-methyl/N-ethyl adjacent to an activating group) is 1. The van der Waals surface area contributed by atoms with Gasteiger partial charge in [0.2, 0.25) is 0 Å². The van der Waals surface area contributed by atoms with E-state index in [4.69, 9.17) is 0 Å². The molecule has 0 amide bonds. The number of ketones is 1. The molecule has 0 aliphatic carbocycles. The summed E-state index contributed by atoms with van der Waals surface area (Å²) in [4.78, 5) is 11.2. The van der Waals surface area contributed by atoms with E-state index < -0.39 is 45.6 Å². The van der Waals surface area contributed by atoms with Crippen LogP contribution in [0.3, 0.4) is 0 Å². The molecule has 2 nitrogen and oxygen atoms in total. The lowest BCUT2D eigenvalue weighted by Gasteiger charge is -2.07. The van der Waals surface area contributed by atoms with E-state index >= 15 is 0 Å². The molecule has 7 heteroatoms. The molecule has 0 aliphatic rings. The molecule has 0 aliphatic heterocycles. The minimum Gasteiger partial charge on any atom is -0.313 e. The number of carbonyl (C=O) groups excluding carboxylic acids is 1. The fourth-order valence-electron chi connectivity index (χ4n) is 1.10. The van der Waals surface area contributed by atoms with Gasteiger partial charge in [-0.1, -0.05) is 0 Å². The van der Waals surface area contributed by atoms with Crippen LogP contribution in [0.15, 0.2) is 4.47 Å². The first-order valence-electron chi connectivity index (χ1n) is 4.11. The SMILES string of the molecule is CNCC(=O)c1c(F)c(F)c(Br)c(F)c1F. The zero-order valence-electron chi connectivity index (χ0n) is 8.01. The fraction of sp³-hybridized carbons (Fsp3) is 0.222. The summed E-state index contributed by atoms with van der Waals surface area (Å²) in [6.07, 6.45) is 0. The molecule has 0 fully saturated rings. The zero-order valence-corrected chi connectivity index (χ0v) is 9.59. The van der Waals surface area contributed by atoms with Crippen LogP contribution in [0.25, 0.3) is 0 Å². The van der Waals surface area contributed by atoms with Gasteiger partial charge in [-0.05, 0) is 23.0 Å².